The number of benzene rings is 1. The fourth-order valence-corrected chi connectivity index (χ4v) is 1.37. The van der Waals surface area contributed by atoms with Crippen molar-refractivity contribution in [1.29, 1.82) is 0 Å². The molecule has 1 rings (SSSR count). The lowest BCUT2D eigenvalue weighted by molar-refractivity contribution is -0.868. The summed E-state index contributed by atoms with van der Waals surface area (Å²) in [5.41, 5.74) is 8.97. The highest BCUT2D eigenvalue weighted by Crippen LogP contribution is 2.18. The Labute approximate surface area is 92.5 Å². The van der Waals surface area contributed by atoms with Crippen LogP contribution >= 0.6 is 0 Å². The second-order valence-corrected chi connectivity index (χ2v) is 5.03. The van der Waals surface area contributed by atoms with Gasteiger partial charge in [0.2, 0.25) is 0 Å². The number of hydrogen-bond donors (Lipinski definition) is 2. The van der Waals surface area contributed by atoms with E-state index in [1.807, 2.05) is 19.1 Å². The van der Waals surface area contributed by atoms with Gasteiger partial charge in [0.15, 0.2) is 0 Å². The molecule has 0 saturated carbocycles. The molecule has 15 heavy (non-hydrogen) atoms. The van der Waals surface area contributed by atoms with E-state index in [2.05, 4.69) is 32.5 Å². The van der Waals surface area contributed by atoms with E-state index in [1.165, 1.54) is 5.56 Å². The van der Waals surface area contributed by atoms with Crippen molar-refractivity contribution in [2.45, 2.75) is 6.92 Å². The Bertz CT molecular complexity index is 326. The lowest BCUT2D eigenvalue weighted by atomic mass is 10.2. The molecule has 0 bridgehead atoms. The van der Waals surface area contributed by atoms with Crippen LogP contribution in [0, 0.1) is 6.92 Å². The van der Waals surface area contributed by atoms with Crippen molar-refractivity contribution < 1.29 is 4.48 Å². The third kappa shape index (κ3) is 4.21. The summed E-state index contributed by atoms with van der Waals surface area (Å²) < 4.78 is 0.957. The largest absolute Gasteiger partial charge is 0.397 e. The molecule has 0 spiro atoms. The van der Waals surface area contributed by atoms with Crippen LogP contribution in [0.4, 0.5) is 11.4 Å². The van der Waals surface area contributed by atoms with Crippen LogP contribution in [-0.2, 0) is 0 Å². The average molecular weight is 208 g/mol. The Kier molecular flexibility index (Phi) is 3.58. The monoisotopic (exact) mass is 208 g/mol. The molecule has 0 saturated heterocycles. The quantitative estimate of drug-likeness (QED) is 0.584. The maximum atomic E-state index is 5.90. The summed E-state index contributed by atoms with van der Waals surface area (Å²) >= 11 is 0. The lowest BCUT2D eigenvalue weighted by Crippen LogP contribution is -2.38. The normalized spacial score (nSPS) is 11.5. The fourth-order valence-electron chi connectivity index (χ4n) is 1.37. The first-order chi connectivity index (χ1) is 6.88. The Morgan fingerprint density at radius 2 is 1.93 bits per heavy atom. The van der Waals surface area contributed by atoms with Crippen molar-refractivity contribution in [3.63, 3.8) is 0 Å². The molecule has 0 aliphatic carbocycles. The molecule has 1 aromatic carbocycles. The van der Waals surface area contributed by atoms with E-state index >= 15 is 0 Å². The van der Waals surface area contributed by atoms with Gasteiger partial charge in [0.05, 0.1) is 45.6 Å². The Hall–Kier alpha value is -1.22. The molecule has 84 valence electrons. The molecular weight excluding hydrogens is 186 g/mol. The summed E-state index contributed by atoms with van der Waals surface area (Å²) in [7, 11) is 6.54. The third-order valence-corrected chi connectivity index (χ3v) is 2.31. The Morgan fingerprint density at radius 1 is 1.27 bits per heavy atom. The number of rotatable bonds is 4. The molecule has 1 aromatic rings. The van der Waals surface area contributed by atoms with Gasteiger partial charge in [0.25, 0.3) is 0 Å². The van der Waals surface area contributed by atoms with E-state index in [-0.39, 0.29) is 0 Å². The summed E-state index contributed by atoms with van der Waals surface area (Å²) in [6, 6.07) is 6.11. The summed E-state index contributed by atoms with van der Waals surface area (Å²) in [6.07, 6.45) is 0. The van der Waals surface area contributed by atoms with Gasteiger partial charge in [-0.15, -0.1) is 0 Å². The number of hydrogen-bond acceptors (Lipinski definition) is 2. The van der Waals surface area contributed by atoms with Gasteiger partial charge in [-0.05, 0) is 24.6 Å². The molecule has 0 unspecified atom stereocenters. The predicted octanol–water partition coefficient (Wildman–Crippen LogP) is 1.70. The van der Waals surface area contributed by atoms with Crippen molar-refractivity contribution in [2.75, 3.05) is 45.3 Å². The van der Waals surface area contributed by atoms with E-state index in [0.717, 1.165) is 28.9 Å². The first-order valence-electron chi connectivity index (χ1n) is 5.29. The number of nitrogens with two attached hydrogens (primary N) is 1. The number of anilines is 2. The van der Waals surface area contributed by atoms with Gasteiger partial charge in [-0.2, -0.15) is 0 Å². The van der Waals surface area contributed by atoms with Crippen molar-refractivity contribution >= 4 is 11.4 Å². The first-order valence-corrected chi connectivity index (χ1v) is 5.29. The minimum Gasteiger partial charge on any atom is -0.397 e. The molecule has 0 heterocycles. The zero-order valence-corrected chi connectivity index (χ0v) is 10.2. The standard InChI is InChI=1S/C12H22N3/c1-10-5-6-12(11(13)9-10)14-7-8-15(2,3)4/h5-6,9,14H,7-8,13H2,1-4H3/q+1. The van der Waals surface area contributed by atoms with Crippen LogP contribution < -0.4 is 11.1 Å². The highest BCUT2D eigenvalue weighted by Gasteiger charge is 2.06. The molecule has 3 heteroatoms. The number of nitrogen functional groups attached to an aromatic ring is 1. The molecular formula is C12H22N3+. The molecule has 0 atom stereocenters. The molecule has 0 aromatic heterocycles. The fraction of sp³-hybridized carbons (Fsp3) is 0.500. The maximum Gasteiger partial charge on any atom is 0.0955 e. The third-order valence-electron chi connectivity index (χ3n) is 2.31. The summed E-state index contributed by atoms with van der Waals surface area (Å²) in [5, 5.41) is 3.36. The number of quaternary nitrogens is 1. The second-order valence-electron chi connectivity index (χ2n) is 5.03. The number of aryl methyl sites for hydroxylation is 1. The van der Waals surface area contributed by atoms with Crippen LogP contribution in [-0.4, -0.2) is 38.7 Å². The number of nitrogens with zero attached hydrogens (tertiary/aromatic N) is 1. The summed E-state index contributed by atoms with van der Waals surface area (Å²) in [5.74, 6) is 0. The maximum absolute atomic E-state index is 5.90. The van der Waals surface area contributed by atoms with Crippen LogP contribution in [0.15, 0.2) is 18.2 Å². The number of nitrogens with one attached hydrogen (secondary N) is 1. The summed E-state index contributed by atoms with van der Waals surface area (Å²) in [4.78, 5) is 0. The van der Waals surface area contributed by atoms with Crippen LogP contribution in [0.5, 0.6) is 0 Å². The van der Waals surface area contributed by atoms with Gasteiger partial charge in [-0.1, -0.05) is 6.07 Å². The Balaban J connectivity index is 2.51. The molecule has 0 radical (unpaired) electrons. The zero-order valence-electron chi connectivity index (χ0n) is 10.2. The average Bonchev–Trinajstić information content (AvgIpc) is 2.07. The highest BCUT2D eigenvalue weighted by atomic mass is 15.3. The van der Waals surface area contributed by atoms with Crippen molar-refractivity contribution in [3.8, 4) is 0 Å². The van der Waals surface area contributed by atoms with Crippen LogP contribution in [0.1, 0.15) is 5.56 Å². The zero-order chi connectivity index (χ0) is 11.5. The second kappa shape index (κ2) is 4.53. The first kappa shape index (κ1) is 11.9. The van der Waals surface area contributed by atoms with E-state index in [0.29, 0.717) is 0 Å². The van der Waals surface area contributed by atoms with Crippen molar-refractivity contribution in [1.82, 2.24) is 0 Å². The minimum absolute atomic E-state index is 0.830. The lowest BCUT2D eigenvalue weighted by Gasteiger charge is -2.24. The summed E-state index contributed by atoms with van der Waals surface area (Å²) in [6.45, 7) is 4.07. The van der Waals surface area contributed by atoms with E-state index in [1.54, 1.807) is 0 Å². The highest BCUT2D eigenvalue weighted by molar-refractivity contribution is 5.66. The minimum atomic E-state index is 0.830. The molecule has 0 aliphatic rings. The van der Waals surface area contributed by atoms with E-state index in [9.17, 15) is 0 Å². The Morgan fingerprint density at radius 3 is 2.47 bits per heavy atom. The smallest absolute Gasteiger partial charge is 0.0955 e. The molecule has 3 nitrogen and oxygen atoms in total. The molecule has 3 N–H and O–H groups in total. The number of likely N-dealkylation sites (N-methyl/N-ethyl adjacent to an activating group) is 1. The van der Waals surface area contributed by atoms with Gasteiger partial charge in [-0.3, -0.25) is 0 Å². The van der Waals surface area contributed by atoms with Gasteiger partial charge in [0, 0.05) is 0 Å². The SMILES string of the molecule is Cc1ccc(NCC[N+](C)(C)C)c(N)c1. The van der Waals surface area contributed by atoms with Crippen LogP contribution in [0.25, 0.3) is 0 Å². The van der Waals surface area contributed by atoms with Crippen molar-refractivity contribution in [2.24, 2.45) is 0 Å². The molecule has 0 fully saturated rings. The molecule has 0 aliphatic heterocycles. The van der Waals surface area contributed by atoms with Crippen LogP contribution in [0.2, 0.25) is 0 Å². The van der Waals surface area contributed by atoms with Gasteiger partial charge in [-0.25, -0.2) is 0 Å². The van der Waals surface area contributed by atoms with Gasteiger partial charge in [0.1, 0.15) is 0 Å². The predicted molar refractivity (Wildman–Crippen MR) is 67.0 cm³/mol. The topological polar surface area (TPSA) is 38.0 Å². The van der Waals surface area contributed by atoms with Gasteiger partial charge >= 0.3 is 0 Å². The van der Waals surface area contributed by atoms with E-state index < -0.39 is 0 Å². The van der Waals surface area contributed by atoms with Crippen molar-refractivity contribution in [3.05, 3.63) is 23.8 Å². The van der Waals surface area contributed by atoms with Gasteiger partial charge < -0.3 is 15.5 Å². The molecule has 0 amide bonds. The van der Waals surface area contributed by atoms with Crippen LogP contribution in [0.3, 0.4) is 0 Å². The van der Waals surface area contributed by atoms with E-state index in [4.69, 9.17) is 5.73 Å².